The number of aryl methyl sites for hydroxylation is 1. The molecule has 0 aliphatic heterocycles. The number of hydrogen-bond donors (Lipinski definition) is 1. The first-order chi connectivity index (χ1) is 14.1. The molecule has 0 spiro atoms. The van der Waals surface area contributed by atoms with Crippen LogP contribution in [0.3, 0.4) is 0 Å². The summed E-state index contributed by atoms with van der Waals surface area (Å²) < 4.78 is 38.2. The molecule has 1 amide bonds. The van der Waals surface area contributed by atoms with Gasteiger partial charge < -0.3 is 10.2 Å². The molecular formula is C22H22F3N3OS. The van der Waals surface area contributed by atoms with Crippen molar-refractivity contribution in [3.63, 3.8) is 0 Å². The molecule has 8 heteroatoms. The molecule has 3 rings (SSSR count). The molecule has 1 aromatic heterocycles. The van der Waals surface area contributed by atoms with Gasteiger partial charge in [-0.3, -0.25) is 4.79 Å². The SMILES string of the molecule is Cc1nc(-c2ccc(C(F)(F)F)cc2)sc1C(=O)Nc1ccc(CCN(C)C)cc1. The van der Waals surface area contributed by atoms with Crippen molar-refractivity contribution in [2.45, 2.75) is 19.5 Å². The van der Waals surface area contributed by atoms with E-state index in [0.29, 0.717) is 26.8 Å². The summed E-state index contributed by atoms with van der Waals surface area (Å²) in [6.45, 7) is 2.65. The van der Waals surface area contributed by atoms with Gasteiger partial charge in [-0.15, -0.1) is 11.3 Å². The Morgan fingerprint density at radius 3 is 2.27 bits per heavy atom. The highest BCUT2D eigenvalue weighted by Gasteiger charge is 2.30. The largest absolute Gasteiger partial charge is 0.416 e. The Hall–Kier alpha value is -2.71. The Labute approximate surface area is 177 Å². The predicted octanol–water partition coefficient (Wildman–Crippen LogP) is 5.49. The predicted molar refractivity (Wildman–Crippen MR) is 114 cm³/mol. The van der Waals surface area contributed by atoms with Crippen LogP contribution in [0.5, 0.6) is 0 Å². The van der Waals surface area contributed by atoms with E-state index < -0.39 is 11.7 Å². The number of thiazole rings is 1. The summed E-state index contributed by atoms with van der Waals surface area (Å²) >= 11 is 1.16. The zero-order chi connectivity index (χ0) is 21.9. The molecule has 0 atom stereocenters. The standard InChI is InChI=1S/C22H22F3N3OS/c1-14-19(20(29)27-18-10-4-15(5-11-18)12-13-28(2)3)30-21(26-14)16-6-8-17(9-7-16)22(23,24)25/h4-11H,12-13H2,1-3H3,(H,27,29). The topological polar surface area (TPSA) is 45.2 Å². The van der Waals surface area contributed by atoms with E-state index in [1.54, 1.807) is 6.92 Å². The van der Waals surface area contributed by atoms with Crippen molar-refractivity contribution in [2.24, 2.45) is 0 Å². The molecule has 0 radical (unpaired) electrons. The quantitative estimate of drug-likeness (QED) is 0.559. The summed E-state index contributed by atoms with van der Waals surface area (Å²) in [7, 11) is 4.04. The molecule has 1 N–H and O–H groups in total. The van der Waals surface area contributed by atoms with Gasteiger partial charge in [0.1, 0.15) is 9.88 Å². The lowest BCUT2D eigenvalue weighted by atomic mass is 10.1. The number of likely N-dealkylation sites (N-methyl/N-ethyl adjacent to an activating group) is 1. The van der Waals surface area contributed by atoms with Crippen LogP contribution in [0.15, 0.2) is 48.5 Å². The van der Waals surface area contributed by atoms with Crippen LogP contribution < -0.4 is 5.32 Å². The van der Waals surface area contributed by atoms with E-state index in [1.807, 2.05) is 38.4 Å². The number of alkyl halides is 3. The van der Waals surface area contributed by atoms with Gasteiger partial charge in [0.15, 0.2) is 0 Å². The minimum atomic E-state index is -4.38. The Bertz CT molecular complexity index is 1010. The normalized spacial score (nSPS) is 11.7. The Balaban J connectivity index is 1.71. The lowest BCUT2D eigenvalue weighted by molar-refractivity contribution is -0.137. The molecule has 3 aromatic rings. The van der Waals surface area contributed by atoms with Gasteiger partial charge in [-0.05, 0) is 57.3 Å². The van der Waals surface area contributed by atoms with E-state index in [2.05, 4.69) is 15.2 Å². The van der Waals surface area contributed by atoms with E-state index in [0.717, 1.165) is 36.4 Å². The van der Waals surface area contributed by atoms with Gasteiger partial charge in [-0.25, -0.2) is 4.98 Å². The molecule has 2 aromatic carbocycles. The van der Waals surface area contributed by atoms with Crippen LogP contribution in [-0.2, 0) is 12.6 Å². The molecule has 4 nitrogen and oxygen atoms in total. The fraction of sp³-hybridized carbons (Fsp3) is 0.273. The lowest BCUT2D eigenvalue weighted by Gasteiger charge is -2.10. The number of amides is 1. The number of benzene rings is 2. The van der Waals surface area contributed by atoms with E-state index in [-0.39, 0.29) is 5.91 Å². The van der Waals surface area contributed by atoms with Crippen LogP contribution in [0.4, 0.5) is 18.9 Å². The number of rotatable bonds is 6. The van der Waals surface area contributed by atoms with Crippen LogP contribution in [0, 0.1) is 6.92 Å². The molecule has 0 bridgehead atoms. The van der Waals surface area contributed by atoms with Crippen molar-refractivity contribution in [3.05, 3.63) is 70.2 Å². The molecule has 0 saturated carbocycles. The fourth-order valence-corrected chi connectivity index (χ4v) is 3.79. The maximum Gasteiger partial charge on any atom is 0.416 e. The first-order valence-electron chi connectivity index (χ1n) is 9.33. The van der Waals surface area contributed by atoms with Crippen molar-refractivity contribution in [2.75, 3.05) is 26.0 Å². The third kappa shape index (κ3) is 5.46. The third-order valence-corrected chi connectivity index (χ3v) is 5.73. The minimum absolute atomic E-state index is 0.288. The number of nitrogens with zero attached hydrogens (tertiary/aromatic N) is 2. The summed E-state index contributed by atoms with van der Waals surface area (Å²) in [5, 5.41) is 3.36. The van der Waals surface area contributed by atoms with Crippen LogP contribution in [0.2, 0.25) is 0 Å². The molecule has 0 aliphatic carbocycles. The number of carbonyl (C=O) groups is 1. The second kappa shape index (κ2) is 8.97. The molecular weight excluding hydrogens is 411 g/mol. The number of anilines is 1. The summed E-state index contributed by atoms with van der Waals surface area (Å²) in [4.78, 5) is 19.6. The summed E-state index contributed by atoms with van der Waals surface area (Å²) in [6, 6.07) is 12.4. The molecule has 0 saturated heterocycles. The second-order valence-electron chi connectivity index (χ2n) is 7.21. The molecule has 0 aliphatic rings. The van der Waals surface area contributed by atoms with Crippen LogP contribution >= 0.6 is 11.3 Å². The van der Waals surface area contributed by atoms with Crippen LogP contribution in [0.1, 0.15) is 26.5 Å². The highest BCUT2D eigenvalue weighted by Crippen LogP contribution is 2.33. The average molecular weight is 433 g/mol. The zero-order valence-electron chi connectivity index (χ0n) is 16.9. The highest BCUT2D eigenvalue weighted by atomic mass is 32.1. The van der Waals surface area contributed by atoms with E-state index in [4.69, 9.17) is 0 Å². The van der Waals surface area contributed by atoms with Gasteiger partial charge >= 0.3 is 6.18 Å². The lowest BCUT2D eigenvalue weighted by Crippen LogP contribution is -2.15. The second-order valence-corrected chi connectivity index (χ2v) is 8.21. The van der Waals surface area contributed by atoms with Gasteiger partial charge in [0.25, 0.3) is 5.91 Å². The van der Waals surface area contributed by atoms with E-state index in [1.165, 1.54) is 17.7 Å². The molecule has 1 heterocycles. The summed E-state index contributed by atoms with van der Waals surface area (Å²) in [5.41, 5.74) is 2.22. The fourth-order valence-electron chi connectivity index (χ4n) is 2.83. The van der Waals surface area contributed by atoms with Crippen molar-refractivity contribution >= 4 is 22.9 Å². The smallest absolute Gasteiger partial charge is 0.321 e. The minimum Gasteiger partial charge on any atom is -0.321 e. The Morgan fingerprint density at radius 1 is 1.07 bits per heavy atom. The third-order valence-electron chi connectivity index (χ3n) is 4.52. The van der Waals surface area contributed by atoms with Gasteiger partial charge in [0.2, 0.25) is 0 Å². The van der Waals surface area contributed by atoms with Crippen molar-refractivity contribution in [3.8, 4) is 10.6 Å². The van der Waals surface area contributed by atoms with Crippen LogP contribution in [0.25, 0.3) is 10.6 Å². The highest BCUT2D eigenvalue weighted by molar-refractivity contribution is 7.17. The maximum absolute atomic E-state index is 12.7. The molecule has 0 unspecified atom stereocenters. The van der Waals surface area contributed by atoms with E-state index in [9.17, 15) is 18.0 Å². The van der Waals surface area contributed by atoms with Gasteiger partial charge in [-0.2, -0.15) is 13.2 Å². The Kier molecular flexibility index (Phi) is 6.58. The number of halogens is 3. The van der Waals surface area contributed by atoms with Crippen molar-refractivity contribution in [1.29, 1.82) is 0 Å². The first kappa shape index (κ1) is 22.0. The number of nitrogens with one attached hydrogen (secondary N) is 1. The number of carbonyl (C=O) groups excluding carboxylic acids is 1. The number of aromatic nitrogens is 1. The van der Waals surface area contributed by atoms with Crippen molar-refractivity contribution in [1.82, 2.24) is 9.88 Å². The zero-order valence-corrected chi connectivity index (χ0v) is 17.7. The summed E-state index contributed by atoms with van der Waals surface area (Å²) in [6.07, 6.45) is -3.46. The van der Waals surface area contributed by atoms with Gasteiger partial charge in [-0.1, -0.05) is 24.3 Å². The first-order valence-corrected chi connectivity index (χ1v) is 10.1. The van der Waals surface area contributed by atoms with Gasteiger partial charge in [0, 0.05) is 17.8 Å². The summed E-state index contributed by atoms with van der Waals surface area (Å²) in [5.74, 6) is -0.288. The van der Waals surface area contributed by atoms with E-state index >= 15 is 0 Å². The molecule has 30 heavy (non-hydrogen) atoms. The van der Waals surface area contributed by atoms with Gasteiger partial charge in [0.05, 0.1) is 11.3 Å². The van der Waals surface area contributed by atoms with Crippen molar-refractivity contribution < 1.29 is 18.0 Å². The molecule has 0 fully saturated rings. The number of hydrogen-bond acceptors (Lipinski definition) is 4. The van der Waals surface area contributed by atoms with Crippen LogP contribution in [-0.4, -0.2) is 36.4 Å². The Morgan fingerprint density at radius 2 is 1.70 bits per heavy atom. The monoisotopic (exact) mass is 433 g/mol. The average Bonchev–Trinajstić information content (AvgIpc) is 3.08. The maximum atomic E-state index is 12.7. The molecule has 158 valence electrons.